The van der Waals surface area contributed by atoms with Gasteiger partial charge in [0.2, 0.25) is 11.8 Å². The third-order valence-electron chi connectivity index (χ3n) is 2.79. The first-order valence-corrected chi connectivity index (χ1v) is 8.03. The van der Waals surface area contributed by atoms with Gasteiger partial charge in [0.15, 0.2) is 9.84 Å². The number of hydrogen-bond donors (Lipinski definition) is 0. The molecule has 0 aliphatic carbocycles. The Morgan fingerprint density at radius 1 is 0.857 bits per heavy atom. The largest absolute Gasteiger partial charge is 0.481 e. The highest BCUT2D eigenvalue weighted by Gasteiger charge is 2.14. The highest BCUT2D eigenvalue weighted by Crippen LogP contribution is 2.15. The van der Waals surface area contributed by atoms with Crippen molar-refractivity contribution in [1.82, 2.24) is 9.97 Å². The lowest BCUT2D eigenvalue weighted by molar-refractivity contribution is 0.397. The van der Waals surface area contributed by atoms with Gasteiger partial charge >= 0.3 is 0 Å². The van der Waals surface area contributed by atoms with Crippen molar-refractivity contribution in [2.45, 2.75) is 11.5 Å². The maximum absolute atomic E-state index is 12.2. The van der Waals surface area contributed by atoms with Gasteiger partial charge in [-0.1, -0.05) is 12.1 Å². The minimum absolute atomic E-state index is 0.0734. The Hall–Kier alpha value is -2.15. The maximum Gasteiger partial charge on any atom is 0.212 e. The van der Waals surface area contributed by atoms with Gasteiger partial charge in [-0.15, -0.1) is 0 Å². The molecule has 0 saturated heterocycles. The minimum Gasteiger partial charge on any atom is -0.481 e. The minimum atomic E-state index is -3.29. The first kappa shape index (κ1) is 15.2. The molecule has 2 heterocycles. The summed E-state index contributed by atoms with van der Waals surface area (Å²) in [6.07, 6.45) is 3.01. The Bertz CT molecular complexity index is 626. The van der Waals surface area contributed by atoms with Crippen LogP contribution in [0.2, 0.25) is 0 Å². The standard InChI is InChI=1S/C14H16N2O4S/c1-19-13-5-3-11(7-15-13)9-21(17,18)10-12-4-6-14(20-2)16-8-12/h3-8H,9-10H2,1-2H3. The van der Waals surface area contributed by atoms with Crippen molar-refractivity contribution in [2.24, 2.45) is 0 Å². The van der Waals surface area contributed by atoms with E-state index in [1.807, 2.05) is 0 Å². The van der Waals surface area contributed by atoms with Crippen LogP contribution in [0.5, 0.6) is 11.8 Å². The van der Waals surface area contributed by atoms with Gasteiger partial charge < -0.3 is 9.47 Å². The van der Waals surface area contributed by atoms with Gasteiger partial charge in [0, 0.05) is 24.5 Å². The summed E-state index contributed by atoms with van der Waals surface area (Å²) in [5.41, 5.74) is 1.24. The van der Waals surface area contributed by atoms with Gasteiger partial charge in [0.05, 0.1) is 25.7 Å². The number of hydrogen-bond acceptors (Lipinski definition) is 6. The smallest absolute Gasteiger partial charge is 0.212 e. The molecule has 21 heavy (non-hydrogen) atoms. The predicted molar refractivity (Wildman–Crippen MR) is 77.9 cm³/mol. The van der Waals surface area contributed by atoms with Gasteiger partial charge in [0.1, 0.15) is 0 Å². The molecule has 0 fully saturated rings. The van der Waals surface area contributed by atoms with Crippen molar-refractivity contribution in [1.29, 1.82) is 0 Å². The average molecular weight is 308 g/mol. The summed E-state index contributed by atoms with van der Waals surface area (Å²) in [5, 5.41) is 0. The molecule has 0 unspecified atom stereocenters. The van der Waals surface area contributed by atoms with Crippen LogP contribution < -0.4 is 9.47 Å². The molecule has 0 amide bonds. The number of sulfone groups is 1. The van der Waals surface area contributed by atoms with Crippen LogP contribution in [0.25, 0.3) is 0 Å². The Labute approximate surface area is 123 Å². The van der Waals surface area contributed by atoms with Crippen LogP contribution in [0.3, 0.4) is 0 Å². The van der Waals surface area contributed by atoms with E-state index in [9.17, 15) is 8.42 Å². The van der Waals surface area contributed by atoms with Gasteiger partial charge in [-0.25, -0.2) is 18.4 Å². The van der Waals surface area contributed by atoms with Crippen molar-refractivity contribution in [3.8, 4) is 11.8 Å². The van der Waals surface area contributed by atoms with E-state index in [-0.39, 0.29) is 11.5 Å². The van der Waals surface area contributed by atoms with Gasteiger partial charge in [0.25, 0.3) is 0 Å². The molecule has 0 spiro atoms. The molecule has 2 rings (SSSR count). The second kappa shape index (κ2) is 6.53. The topological polar surface area (TPSA) is 78.4 Å². The van der Waals surface area contributed by atoms with E-state index in [1.165, 1.54) is 26.6 Å². The van der Waals surface area contributed by atoms with Crippen molar-refractivity contribution in [3.63, 3.8) is 0 Å². The van der Waals surface area contributed by atoms with Crippen LogP contribution >= 0.6 is 0 Å². The lowest BCUT2D eigenvalue weighted by Crippen LogP contribution is -2.08. The normalized spacial score (nSPS) is 11.1. The molecule has 0 aromatic carbocycles. The van der Waals surface area contributed by atoms with Crippen LogP contribution in [0.1, 0.15) is 11.1 Å². The number of aromatic nitrogens is 2. The summed E-state index contributed by atoms with van der Waals surface area (Å²) >= 11 is 0. The molecule has 0 aliphatic heterocycles. The summed E-state index contributed by atoms with van der Waals surface area (Å²) in [4.78, 5) is 7.99. The summed E-state index contributed by atoms with van der Waals surface area (Å²) in [5.74, 6) is 0.762. The highest BCUT2D eigenvalue weighted by molar-refractivity contribution is 7.89. The summed E-state index contributed by atoms with van der Waals surface area (Å²) in [7, 11) is -0.270. The van der Waals surface area contributed by atoms with E-state index < -0.39 is 9.84 Å². The van der Waals surface area contributed by atoms with Gasteiger partial charge in [-0.3, -0.25) is 0 Å². The second-order valence-electron chi connectivity index (χ2n) is 4.45. The maximum atomic E-state index is 12.2. The SMILES string of the molecule is COc1ccc(CS(=O)(=O)Cc2ccc(OC)nc2)cn1. The Kier molecular flexibility index (Phi) is 4.74. The van der Waals surface area contributed by atoms with Crippen LogP contribution in [-0.4, -0.2) is 32.6 Å². The molecule has 0 atom stereocenters. The van der Waals surface area contributed by atoms with Crippen molar-refractivity contribution >= 4 is 9.84 Å². The zero-order valence-electron chi connectivity index (χ0n) is 11.8. The first-order valence-electron chi connectivity index (χ1n) is 6.20. The third-order valence-corrected chi connectivity index (χ3v) is 4.33. The fraction of sp³-hybridized carbons (Fsp3) is 0.286. The van der Waals surface area contributed by atoms with E-state index in [0.717, 1.165) is 0 Å². The number of pyridine rings is 2. The molecule has 2 aromatic rings. The van der Waals surface area contributed by atoms with E-state index in [1.54, 1.807) is 24.3 Å². The van der Waals surface area contributed by atoms with Crippen molar-refractivity contribution in [3.05, 3.63) is 47.8 Å². The van der Waals surface area contributed by atoms with Crippen LogP contribution in [0.15, 0.2) is 36.7 Å². The average Bonchev–Trinajstić information content (AvgIpc) is 2.48. The van der Waals surface area contributed by atoms with E-state index in [2.05, 4.69) is 9.97 Å². The molecule has 112 valence electrons. The molecule has 0 saturated carbocycles. The van der Waals surface area contributed by atoms with Crippen LogP contribution in [0.4, 0.5) is 0 Å². The zero-order chi connectivity index (χ0) is 15.3. The lowest BCUT2D eigenvalue weighted by Gasteiger charge is -2.06. The summed E-state index contributed by atoms with van der Waals surface area (Å²) in [6, 6.07) is 6.66. The molecule has 0 bridgehead atoms. The van der Waals surface area contributed by atoms with E-state index in [4.69, 9.17) is 9.47 Å². The predicted octanol–water partition coefficient (Wildman–Crippen LogP) is 1.61. The highest BCUT2D eigenvalue weighted by atomic mass is 32.2. The van der Waals surface area contributed by atoms with Gasteiger partial charge in [-0.2, -0.15) is 0 Å². The van der Waals surface area contributed by atoms with E-state index in [0.29, 0.717) is 22.9 Å². The van der Waals surface area contributed by atoms with Crippen LogP contribution in [0, 0.1) is 0 Å². The fourth-order valence-electron chi connectivity index (χ4n) is 1.79. The monoisotopic (exact) mass is 308 g/mol. The quantitative estimate of drug-likeness (QED) is 0.806. The lowest BCUT2D eigenvalue weighted by atomic mass is 10.3. The fourth-order valence-corrected chi connectivity index (χ4v) is 3.25. The molecule has 0 aliphatic rings. The Balaban J connectivity index is 2.06. The summed E-state index contributed by atoms with van der Waals surface area (Å²) in [6.45, 7) is 0. The number of ether oxygens (including phenoxy) is 2. The molecular weight excluding hydrogens is 292 g/mol. The molecule has 2 aromatic heterocycles. The third kappa shape index (κ3) is 4.42. The molecule has 0 N–H and O–H groups in total. The van der Waals surface area contributed by atoms with Crippen molar-refractivity contribution < 1.29 is 17.9 Å². The zero-order valence-corrected chi connectivity index (χ0v) is 12.6. The van der Waals surface area contributed by atoms with E-state index >= 15 is 0 Å². The van der Waals surface area contributed by atoms with Crippen molar-refractivity contribution in [2.75, 3.05) is 14.2 Å². The first-order chi connectivity index (χ1) is 10.0. The molecule has 0 radical (unpaired) electrons. The number of rotatable bonds is 6. The van der Waals surface area contributed by atoms with Gasteiger partial charge in [-0.05, 0) is 11.1 Å². The molecular formula is C14H16N2O4S. The van der Waals surface area contributed by atoms with Crippen LogP contribution in [-0.2, 0) is 21.3 Å². The number of nitrogens with zero attached hydrogens (tertiary/aromatic N) is 2. The molecule has 7 heteroatoms. The number of methoxy groups -OCH3 is 2. The summed E-state index contributed by atoms with van der Waals surface area (Å²) < 4.78 is 34.2. The Morgan fingerprint density at radius 3 is 1.57 bits per heavy atom. The second-order valence-corrected chi connectivity index (χ2v) is 6.51. The molecule has 6 nitrogen and oxygen atoms in total. The Morgan fingerprint density at radius 2 is 1.29 bits per heavy atom.